The first kappa shape index (κ1) is 22.6. The molecule has 3 saturated heterocycles. The number of piperidine rings is 1. The lowest BCUT2D eigenvalue weighted by Crippen LogP contribution is -2.46. The van der Waals surface area contributed by atoms with Crippen molar-refractivity contribution in [1.82, 2.24) is 15.1 Å². The molecule has 4 heterocycles. The van der Waals surface area contributed by atoms with Crippen molar-refractivity contribution in [2.24, 2.45) is 4.99 Å². The Labute approximate surface area is 201 Å². The van der Waals surface area contributed by atoms with Gasteiger partial charge in [-0.3, -0.25) is 9.69 Å². The maximum atomic E-state index is 14.1. The van der Waals surface area contributed by atoms with Gasteiger partial charge in [-0.2, -0.15) is 5.26 Å². The standard InChI is InChI=1S/C24H24ClFN6O2/c25-14-10-29-23(30-11-14)20-12-31(13-21(20)28)24(33)19-4-1-15(26)7-22(19)34-18-8-16-2-3-17(9-18)32(16)6-5-27/h1,4,7,10-11,16-18,28-29H,2-3,6,8-9,12-13H2/b23-20+,28-21?/t16-,17+,18+. The summed E-state index contributed by atoms with van der Waals surface area (Å²) in [7, 11) is 0. The van der Waals surface area contributed by atoms with Crippen molar-refractivity contribution in [1.29, 1.82) is 10.7 Å². The largest absolute Gasteiger partial charge is 0.489 e. The van der Waals surface area contributed by atoms with Crippen LogP contribution in [0.2, 0.25) is 0 Å². The van der Waals surface area contributed by atoms with Gasteiger partial charge in [0.15, 0.2) is 0 Å². The number of halogens is 2. The van der Waals surface area contributed by atoms with E-state index in [1.165, 1.54) is 29.3 Å². The number of carbonyl (C=O) groups is 1. The maximum absolute atomic E-state index is 14.1. The molecule has 10 heteroatoms. The molecular formula is C24H24ClFN6O2. The first-order valence-corrected chi connectivity index (χ1v) is 11.7. The Morgan fingerprint density at radius 1 is 1.32 bits per heavy atom. The van der Waals surface area contributed by atoms with E-state index < -0.39 is 5.82 Å². The van der Waals surface area contributed by atoms with Crippen LogP contribution in [0.25, 0.3) is 0 Å². The number of allylic oxidation sites excluding steroid dienone is 1. The third-order valence-electron chi connectivity index (χ3n) is 6.86. The summed E-state index contributed by atoms with van der Waals surface area (Å²) in [5.41, 5.74) is 1.16. The van der Waals surface area contributed by atoms with Crippen LogP contribution in [0.1, 0.15) is 36.0 Å². The highest BCUT2D eigenvalue weighted by molar-refractivity contribution is 6.39. The monoisotopic (exact) mass is 482 g/mol. The van der Waals surface area contributed by atoms with Crippen molar-refractivity contribution < 1.29 is 13.9 Å². The summed E-state index contributed by atoms with van der Waals surface area (Å²) in [6.07, 6.45) is 6.44. The molecule has 0 spiro atoms. The van der Waals surface area contributed by atoms with E-state index in [9.17, 15) is 9.18 Å². The number of nitrogens with one attached hydrogen (secondary N) is 2. The number of ether oxygens (including phenoxy) is 1. The molecule has 2 N–H and O–H groups in total. The van der Waals surface area contributed by atoms with Gasteiger partial charge < -0.3 is 20.4 Å². The van der Waals surface area contributed by atoms with Crippen molar-refractivity contribution in [3.05, 3.63) is 52.2 Å². The molecule has 176 valence electrons. The van der Waals surface area contributed by atoms with Gasteiger partial charge in [0.2, 0.25) is 0 Å². The molecule has 0 aromatic heterocycles. The van der Waals surface area contributed by atoms with Crippen LogP contribution in [0.5, 0.6) is 5.75 Å². The number of nitriles is 1. The van der Waals surface area contributed by atoms with Gasteiger partial charge in [-0.15, -0.1) is 0 Å². The molecule has 34 heavy (non-hydrogen) atoms. The highest BCUT2D eigenvalue weighted by Crippen LogP contribution is 2.38. The molecule has 4 aliphatic rings. The zero-order chi connectivity index (χ0) is 23.8. The molecule has 4 aliphatic heterocycles. The number of likely N-dealkylation sites (tertiary alicyclic amines) is 1. The van der Waals surface area contributed by atoms with Crippen molar-refractivity contribution in [3.63, 3.8) is 0 Å². The van der Waals surface area contributed by atoms with Crippen molar-refractivity contribution in [2.45, 2.75) is 43.9 Å². The van der Waals surface area contributed by atoms with E-state index in [1.54, 1.807) is 6.20 Å². The number of rotatable bonds is 4. The lowest BCUT2D eigenvalue weighted by atomic mass is 9.99. The Morgan fingerprint density at radius 2 is 2.09 bits per heavy atom. The Morgan fingerprint density at radius 3 is 2.76 bits per heavy atom. The van der Waals surface area contributed by atoms with E-state index in [0.717, 1.165) is 25.7 Å². The number of amides is 1. The lowest BCUT2D eigenvalue weighted by Gasteiger charge is -2.37. The van der Waals surface area contributed by atoms with E-state index in [-0.39, 0.29) is 54.2 Å². The molecule has 1 aromatic rings. The first-order valence-electron chi connectivity index (χ1n) is 11.3. The maximum Gasteiger partial charge on any atom is 0.258 e. The van der Waals surface area contributed by atoms with Crippen LogP contribution in [0, 0.1) is 22.6 Å². The van der Waals surface area contributed by atoms with Crippen molar-refractivity contribution in [3.8, 4) is 11.8 Å². The van der Waals surface area contributed by atoms with Crippen molar-refractivity contribution in [2.75, 3.05) is 19.6 Å². The average molecular weight is 483 g/mol. The van der Waals surface area contributed by atoms with Crippen LogP contribution < -0.4 is 10.1 Å². The molecule has 1 amide bonds. The molecule has 3 atom stereocenters. The Bertz CT molecular complexity index is 1160. The second kappa shape index (κ2) is 9.20. The quantitative estimate of drug-likeness (QED) is 0.641. The summed E-state index contributed by atoms with van der Waals surface area (Å²) in [6, 6.07) is 6.74. The van der Waals surface area contributed by atoms with E-state index >= 15 is 0 Å². The molecule has 2 bridgehead atoms. The van der Waals surface area contributed by atoms with Gasteiger partial charge in [0, 0.05) is 36.1 Å². The highest BCUT2D eigenvalue weighted by Gasteiger charge is 2.41. The van der Waals surface area contributed by atoms with Crippen LogP contribution in [0.3, 0.4) is 0 Å². The summed E-state index contributed by atoms with van der Waals surface area (Å²) in [5.74, 6) is -0.0920. The summed E-state index contributed by atoms with van der Waals surface area (Å²) >= 11 is 5.89. The van der Waals surface area contributed by atoms with Gasteiger partial charge in [-0.05, 0) is 37.8 Å². The summed E-state index contributed by atoms with van der Waals surface area (Å²) < 4.78 is 20.4. The van der Waals surface area contributed by atoms with Crippen molar-refractivity contribution >= 4 is 29.4 Å². The Hall–Kier alpha value is -3.22. The smallest absolute Gasteiger partial charge is 0.258 e. The Kier molecular flexibility index (Phi) is 6.11. The fourth-order valence-electron chi connectivity index (χ4n) is 5.27. The topological polar surface area (TPSA) is 105 Å². The van der Waals surface area contributed by atoms with Crippen LogP contribution >= 0.6 is 11.6 Å². The molecule has 8 nitrogen and oxygen atoms in total. The summed E-state index contributed by atoms with van der Waals surface area (Å²) in [5, 5.41) is 20.8. The van der Waals surface area contributed by atoms with Crippen LogP contribution in [0.15, 0.2) is 45.8 Å². The third kappa shape index (κ3) is 4.31. The van der Waals surface area contributed by atoms with Gasteiger partial charge in [-0.1, -0.05) is 11.6 Å². The number of hydrogen-bond donors (Lipinski definition) is 2. The fraction of sp³-hybridized carbons (Fsp3) is 0.417. The van der Waals surface area contributed by atoms with E-state index in [4.69, 9.17) is 27.0 Å². The molecule has 5 rings (SSSR count). The number of benzene rings is 1. The van der Waals surface area contributed by atoms with Gasteiger partial charge in [0.05, 0.1) is 42.0 Å². The molecule has 0 radical (unpaired) electrons. The van der Waals surface area contributed by atoms with Gasteiger partial charge in [-0.25, -0.2) is 9.38 Å². The van der Waals surface area contributed by atoms with Crippen LogP contribution in [-0.4, -0.2) is 65.5 Å². The predicted molar refractivity (Wildman–Crippen MR) is 125 cm³/mol. The van der Waals surface area contributed by atoms with E-state index in [2.05, 4.69) is 21.3 Å². The number of fused-ring (bicyclic) bond motifs is 2. The van der Waals surface area contributed by atoms with Crippen LogP contribution in [-0.2, 0) is 0 Å². The predicted octanol–water partition coefficient (Wildman–Crippen LogP) is 3.16. The number of nitrogens with zero attached hydrogens (tertiary/aromatic N) is 4. The number of carbonyl (C=O) groups excluding carboxylic acids is 1. The van der Waals surface area contributed by atoms with Gasteiger partial charge in [0.25, 0.3) is 5.91 Å². The number of aliphatic imine (C=N–C) groups is 1. The van der Waals surface area contributed by atoms with Crippen LogP contribution in [0.4, 0.5) is 4.39 Å². The number of hydrogen-bond acceptors (Lipinski definition) is 7. The minimum atomic E-state index is -0.474. The molecular weight excluding hydrogens is 459 g/mol. The normalized spacial score (nSPS) is 28.5. The minimum Gasteiger partial charge on any atom is -0.489 e. The molecule has 1 aromatic carbocycles. The zero-order valence-electron chi connectivity index (χ0n) is 18.4. The zero-order valence-corrected chi connectivity index (χ0v) is 19.2. The lowest BCUT2D eigenvalue weighted by molar-refractivity contribution is 0.0560. The molecule has 0 unspecified atom stereocenters. The average Bonchev–Trinajstić information content (AvgIpc) is 3.30. The van der Waals surface area contributed by atoms with Gasteiger partial charge >= 0.3 is 0 Å². The van der Waals surface area contributed by atoms with Gasteiger partial charge in [0.1, 0.15) is 23.5 Å². The Balaban J connectivity index is 1.33. The second-order valence-corrected chi connectivity index (χ2v) is 9.40. The molecule has 0 aliphatic carbocycles. The van der Waals surface area contributed by atoms with E-state index in [0.29, 0.717) is 23.0 Å². The first-order chi connectivity index (χ1) is 16.4. The molecule has 0 saturated carbocycles. The SMILES string of the molecule is N#CCN1[C@@H]2CC[C@H]1C[C@@H](Oc1cc(F)ccc1C(=O)N1CC(=N)/C(=C3/N=CC(Cl)=CN3)C1)C2. The summed E-state index contributed by atoms with van der Waals surface area (Å²) in [6.45, 7) is 0.738. The highest BCUT2D eigenvalue weighted by atomic mass is 35.5. The summed E-state index contributed by atoms with van der Waals surface area (Å²) in [4.78, 5) is 21.4. The third-order valence-corrected chi connectivity index (χ3v) is 7.07. The fourth-order valence-corrected chi connectivity index (χ4v) is 5.38. The minimum absolute atomic E-state index is 0.125. The molecule has 3 fully saturated rings. The second-order valence-electron chi connectivity index (χ2n) is 8.97. The van der Waals surface area contributed by atoms with E-state index in [1.807, 2.05) is 0 Å².